The maximum Gasteiger partial charge on any atom is 0.224 e. The Bertz CT molecular complexity index is 545. The van der Waals surface area contributed by atoms with Crippen LogP contribution in [0.3, 0.4) is 0 Å². The lowest BCUT2D eigenvalue weighted by molar-refractivity contribution is -0.120. The van der Waals surface area contributed by atoms with Gasteiger partial charge in [0, 0.05) is 18.5 Å². The highest BCUT2D eigenvalue weighted by molar-refractivity contribution is 6.23. The van der Waals surface area contributed by atoms with Crippen LogP contribution < -0.4 is 5.32 Å². The third kappa shape index (κ3) is 5.95. The smallest absolute Gasteiger partial charge is 0.224 e. The second-order valence-corrected chi connectivity index (χ2v) is 6.97. The minimum atomic E-state index is -0.172. The van der Waals surface area contributed by atoms with Crippen molar-refractivity contribution in [2.75, 3.05) is 6.61 Å². The molecular weight excluding hydrogens is 304 g/mol. The van der Waals surface area contributed by atoms with E-state index in [9.17, 15) is 9.59 Å². The molecule has 0 heterocycles. The number of hydrogen-bond donors (Lipinski definition) is 1. The van der Waals surface area contributed by atoms with Gasteiger partial charge in [0.2, 0.25) is 5.91 Å². The van der Waals surface area contributed by atoms with E-state index >= 15 is 0 Å². The van der Waals surface area contributed by atoms with Crippen LogP contribution in [0.5, 0.6) is 0 Å². The van der Waals surface area contributed by atoms with Crippen molar-refractivity contribution in [2.24, 2.45) is 10.6 Å². The summed E-state index contributed by atoms with van der Waals surface area (Å²) in [6.45, 7) is 11.9. The maximum atomic E-state index is 12.7. The van der Waals surface area contributed by atoms with E-state index in [4.69, 9.17) is 4.84 Å². The monoisotopic (exact) mass is 334 g/mol. The summed E-state index contributed by atoms with van der Waals surface area (Å²) in [5.41, 5.74) is 1.66. The molecular formula is C19H30N2O3. The lowest BCUT2D eigenvalue weighted by Crippen LogP contribution is -2.36. The highest BCUT2D eigenvalue weighted by atomic mass is 16.6. The molecule has 0 aromatic rings. The predicted octanol–water partition coefficient (Wildman–Crippen LogP) is 3.90. The van der Waals surface area contributed by atoms with E-state index in [1.165, 1.54) is 0 Å². The molecule has 0 aromatic carbocycles. The highest BCUT2D eigenvalue weighted by Crippen LogP contribution is 2.36. The van der Waals surface area contributed by atoms with Gasteiger partial charge in [0.1, 0.15) is 6.61 Å². The molecule has 0 aliphatic heterocycles. The van der Waals surface area contributed by atoms with Gasteiger partial charge >= 0.3 is 0 Å². The van der Waals surface area contributed by atoms with E-state index in [2.05, 4.69) is 17.1 Å². The Morgan fingerprint density at radius 2 is 1.96 bits per heavy atom. The fourth-order valence-corrected chi connectivity index (χ4v) is 2.84. The summed E-state index contributed by atoms with van der Waals surface area (Å²) in [5, 5.41) is 7.09. The molecule has 1 aliphatic carbocycles. The summed E-state index contributed by atoms with van der Waals surface area (Å²) in [7, 11) is 0. The third-order valence-electron chi connectivity index (χ3n) is 3.78. The lowest BCUT2D eigenvalue weighted by atomic mass is 9.74. The zero-order valence-electron chi connectivity index (χ0n) is 15.4. The average Bonchev–Trinajstić information content (AvgIpc) is 2.45. The number of Topliss-reactive ketones (excluding diaryl/α,β-unsaturated/α-hetero) is 1. The summed E-state index contributed by atoms with van der Waals surface area (Å²) < 4.78 is 0. The standard InChI is InChI=1S/C19H30N2O3/c1-6-9-14(21-24-11-8-3)18-15(20-17(23)10-7-2)12-19(4,5)13-16(18)22/h8H,3,6-7,9-13H2,1-2,4-5H3,(H,20,23)/b21-14+. The van der Waals surface area contributed by atoms with E-state index in [-0.39, 0.29) is 23.7 Å². The number of hydrogen-bond acceptors (Lipinski definition) is 4. The Hall–Kier alpha value is -1.91. The molecule has 0 spiro atoms. The van der Waals surface area contributed by atoms with Gasteiger partial charge in [-0.25, -0.2) is 0 Å². The maximum absolute atomic E-state index is 12.7. The van der Waals surface area contributed by atoms with E-state index in [0.717, 1.165) is 12.8 Å². The molecule has 1 amide bonds. The molecule has 0 unspecified atom stereocenters. The topological polar surface area (TPSA) is 67.8 Å². The number of carbonyl (C=O) groups is 2. The summed E-state index contributed by atoms with van der Waals surface area (Å²) in [6.07, 6.45) is 5.38. The Morgan fingerprint density at radius 1 is 1.29 bits per heavy atom. The van der Waals surface area contributed by atoms with Gasteiger partial charge in [0.25, 0.3) is 0 Å². The number of oxime groups is 1. The molecule has 24 heavy (non-hydrogen) atoms. The predicted molar refractivity (Wildman–Crippen MR) is 96.6 cm³/mol. The number of nitrogens with zero attached hydrogens (tertiary/aromatic N) is 1. The number of amides is 1. The van der Waals surface area contributed by atoms with Gasteiger partial charge in [-0.2, -0.15) is 0 Å². The molecule has 1 N–H and O–H groups in total. The number of nitrogens with one attached hydrogen (secondary N) is 1. The first-order chi connectivity index (χ1) is 11.3. The molecule has 0 aromatic heterocycles. The number of ketones is 1. The lowest BCUT2D eigenvalue weighted by Gasteiger charge is -2.32. The van der Waals surface area contributed by atoms with E-state index < -0.39 is 0 Å². The Balaban J connectivity index is 3.25. The van der Waals surface area contributed by atoms with Crippen molar-refractivity contribution >= 4 is 17.4 Å². The van der Waals surface area contributed by atoms with Crippen molar-refractivity contribution in [1.29, 1.82) is 0 Å². The van der Waals surface area contributed by atoms with Crippen LogP contribution in [0.1, 0.15) is 66.2 Å². The molecule has 1 aliphatic rings. The fraction of sp³-hybridized carbons (Fsp3) is 0.632. The SMILES string of the molecule is C=CCO/N=C(\CCC)C1=C(NC(=O)CCC)CC(C)(C)CC1=O. The van der Waals surface area contributed by atoms with Crippen LogP contribution in [-0.4, -0.2) is 24.0 Å². The van der Waals surface area contributed by atoms with Crippen molar-refractivity contribution in [3.05, 3.63) is 23.9 Å². The van der Waals surface area contributed by atoms with Crippen LogP contribution in [0.15, 0.2) is 29.1 Å². The van der Waals surface area contributed by atoms with Crippen molar-refractivity contribution in [2.45, 2.75) is 66.2 Å². The summed E-state index contributed by atoms with van der Waals surface area (Å²) in [5.74, 6) is -0.0363. The zero-order chi connectivity index (χ0) is 18.2. The van der Waals surface area contributed by atoms with Crippen molar-refractivity contribution in [1.82, 2.24) is 5.32 Å². The van der Waals surface area contributed by atoms with Crippen LogP contribution in [-0.2, 0) is 14.4 Å². The van der Waals surface area contributed by atoms with E-state index in [1.807, 2.05) is 27.7 Å². The molecule has 5 heteroatoms. The van der Waals surface area contributed by atoms with Crippen molar-refractivity contribution in [3.8, 4) is 0 Å². The van der Waals surface area contributed by atoms with Gasteiger partial charge in [0.15, 0.2) is 5.78 Å². The van der Waals surface area contributed by atoms with Crippen molar-refractivity contribution < 1.29 is 14.4 Å². The largest absolute Gasteiger partial charge is 0.391 e. The Kier molecular flexibility index (Phi) is 7.89. The van der Waals surface area contributed by atoms with Gasteiger partial charge in [-0.1, -0.05) is 51.9 Å². The van der Waals surface area contributed by atoms with E-state index in [0.29, 0.717) is 42.7 Å². The molecule has 0 bridgehead atoms. The second-order valence-electron chi connectivity index (χ2n) is 6.97. The first kappa shape index (κ1) is 20.1. The van der Waals surface area contributed by atoms with Gasteiger partial charge in [-0.3, -0.25) is 9.59 Å². The quantitative estimate of drug-likeness (QED) is 0.301. The molecule has 0 radical (unpaired) electrons. The summed E-state index contributed by atoms with van der Waals surface area (Å²) in [6, 6.07) is 0. The third-order valence-corrected chi connectivity index (χ3v) is 3.78. The summed E-state index contributed by atoms with van der Waals surface area (Å²) in [4.78, 5) is 30.0. The molecule has 5 nitrogen and oxygen atoms in total. The van der Waals surface area contributed by atoms with Crippen LogP contribution in [0.25, 0.3) is 0 Å². The van der Waals surface area contributed by atoms with Crippen LogP contribution in [0.2, 0.25) is 0 Å². The van der Waals surface area contributed by atoms with Gasteiger partial charge in [0.05, 0.1) is 11.3 Å². The van der Waals surface area contributed by atoms with Gasteiger partial charge < -0.3 is 10.2 Å². The second kappa shape index (κ2) is 9.40. The fourth-order valence-electron chi connectivity index (χ4n) is 2.84. The molecule has 134 valence electrons. The highest BCUT2D eigenvalue weighted by Gasteiger charge is 2.35. The molecule has 0 atom stereocenters. The number of allylic oxidation sites excluding steroid dienone is 2. The van der Waals surface area contributed by atoms with Crippen LogP contribution in [0, 0.1) is 5.41 Å². The first-order valence-electron chi connectivity index (χ1n) is 8.71. The average molecular weight is 334 g/mol. The first-order valence-corrected chi connectivity index (χ1v) is 8.71. The molecule has 0 fully saturated rings. The van der Waals surface area contributed by atoms with Gasteiger partial charge in [-0.15, -0.1) is 0 Å². The molecule has 1 rings (SSSR count). The number of rotatable bonds is 9. The normalized spacial score (nSPS) is 17.7. The Labute approximate surface area is 145 Å². The zero-order valence-corrected chi connectivity index (χ0v) is 15.4. The summed E-state index contributed by atoms with van der Waals surface area (Å²) >= 11 is 0. The number of carbonyl (C=O) groups excluding carboxylic acids is 2. The van der Waals surface area contributed by atoms with Gasteiger partial charge in [-0.05, 0) is 24.7 Å². The minimum absolute atomic E-state index is 0.0208. The minimum Gasteiger partial charge on any atom is -0.391 e. The van der Waals surface area contributed by atoms with Crippen molar-refractivity contribution in [3.63, 3.8) is 0 Å². The Morgan fingerprint density at radius 3 is 2.54 bits per heavy atom. The van der Waals surface area contributed by atoms with E-state index in [1.54, 1.807) is 6.08 Å². The van der Waals surface area contributed by atoms with Crippen LogP contribution in [0.4, 0.5) is 0 Å². The molecule has 0 saturated carbocycles. The molecule has 0 saturated heterocycles. The van der Waals surface area contributed by atoms with Crippen LogP contribution >= 0.6 is 0 Å².